The molecule has 1 amide bonds. The number of carbonyl (C=O) groups is 1. The number of thiophene rings is 1. The van der Waals surface area contributed by atoms with E-state index in [-0.39, 0.29) is 31.6 Å². The van der Waals surface area contributed by atoms with Gasteiger partial charge in [-0.2, -0.15) is 13.2 Å². The van der Waals surface area contributed by atoms with Gasteiger partial charge in [0.15, 0.2) is 0 Å². The molecule has 0 spiro atoms. The first kappa shape index (κ1) is 19.3. The van der Waals surface area contributed by atoms with Crippen LogP contribution in [0.25, 0.3) is 21.6 Å². The Morgan fingerprint density at radius 3 is 2.72 bits per heavy atom. The molecule has 4 rings (SSSR count). The van der Waals surface area contributed by atoms with Crippen molar-refractivity contribution in [3.63, 3.8) is 0 Å². The number of anilines is 2. The maximum absolute atomic E-state index is 13.7. The van der Waals surface area contributed by atoms with Gasteiger partial charge in [-0.1, -0.05) is 18.3 Å². The van der Waals surface area contributed by atoms with Gasteiger partial charge in [-0.25, -0.2) is 4.98 Å². The third kappa shape index (κ3) is 3.56. The van der Waals surface area contributed by atoms with Crippen LogP contribution in [0.4, 0.5) is 24.0 Å². The van der Waals surface area contributed by atoms with E-state index in [9.17, 15) is 18.0 Å². The molecule has 12 heteroatoms. The second-order valence-corrected chi connectivity index (χ2v) is 8.03. The van der Waals surface area contributed by atoms with Crippen LogP contribution in [0, 0.1) is 0 Å². The van der Waals surface area contributed by atoms with E-state index in [0.29, 0.717) is 12.1 Å². The minimum atomic E-state index is -4.67. The molecule has 0 aliphatic heterocycles. The van der Waals surface area contributed by atoms with Gasteiger partial charge in [-0.3, -0.25) is 10.1 Å². The highest BCUT2D eigenvalue weighted by molar-refractivity contribution is 7.21. The molecule has 0 radical (unpaired) electrons. The standard InChI is InChI=1S/C17H13F3N6OS2/c1-2-10-25-26-16(28-10)24-14(27)13-12(21)11-7(17(18,19)20)6-9(23-15(11)29-13)8-4-3-5-22-8/h3-6,22H,2,21H2,1H3,(H,24,26,27). The number of amides is 1. The summed E-state index contributed by atoms with van der Waals surface area (Å²) in [6.07, 6.45) is -2.43. The van der Waals surface area contributed by atoms with Crippen molar-refractivity contribution in [2.75, 3.05) is 11.1 Å². The highest BCUT2D eigenvalue weighted by Gasteiger charge is 2.36. The summed E-state index contributed by atoms with van der Waals surface area (Å²) in [5.41, 5.74) is 5.29. The Morgan fingerprint density at radius 2 is 2.10 bits per heavy atom. The van der Waals surface area contributed by atoms with E-state index in [1.54, 1.807) is 18.3 Å². The number of nitrogens with zero attached hydrogens (tertiary/aromatic N) is 3. The quantitative estimate of drug-likeness (QED) is 0.433. The van der Waals surface area contributed by atoms with Crippen molar-refractivity contribution in [1.82, 2.24) is 20.2 Å². The maximum Gasteiger partial charge on any atom is 0.417 e. The third-order valence-electron chi connectivity index (χ3n) is 4.07. The van der Waals surface area contributed by atoms with E-state index in [2.05, 4.69) is 25.5 Å². The molecule has 0 aromatic carbocycles. The number of rotatable bonds is 4. The molecule has 0 unspecified atom stereocenters. The fourth-order valence-electron chi connectivity index (χ4n) is 2.74. The lowest BCUT2D eigenvalue weighted by molar-refractivity contribution is -0.136. The molecule has 0 aliphatic carbocycles. The zero-order valence-corrected chi connectivity index (χ0v) is 16.4. The third-order valence-corrected chi connectivity index (χ3v) is 6.16. The van der Waals surface area contributed by atoms with Crippen molar-refractivity contribution in [3.05, 3.63) is 39.8 Å². The predicted octanol–water partition coefficient (Wildman–Crippen LogP) is 4.56. The summed E-state index contributed by atoms with van der Waals surface area (Å²) in [4.78, 5) is 19.7. The van der Waals surface area contributed by atoms with Crippen LogP contribution in [0.1, 0.15) is 27.2 Å². The number of aromatic amines is 1. The van der Waals surface area contributed by atoms with Crippen LogP contribution in [0.5, 0.6) is 0 Å². The molecule has 29 heavy (non-hydrogen) atoms. The summed E-state index contributed by atoms with van der Waals surface area (Å²) in [7, 11) is 0. The highest BCUT2D eigenvalue weighted by Crippen LogP contribution is 2.43. The fraction of sp³-hybridized carbons (Fsp3) is 0.176. The lowest BCUT2D eigenvalue weighted by atomic mass is 10.1. The molecule has 150 valence electrons. The number of pyridine rings is 1. The smallest absolute Gasteiger partial charge is 0.397 e. The van der Waals surface area contributed by atoms with Crippen LogP contribution in [0.15, 0.2) is 24.4 Å². The maximum atomic E-state index is 13.7. The van der Waals surface area contributed by atoms with Gasteiger partial charge in [0.25, 0.3) is 5.91 Å². The first-order chi connectivity index (χ1) is 13.8. The van der Waals surface area contributed by atoms with E-state index in [1.807, 2.05) is 6.92 Å². The Kier molecular flexibility index (Phi) is 4.74. The summed E-state index contributed by atoms with van der Waals surface area (Å²) >= 11 is 1.99. The number of hydrogen-bond donors (Lipinski definition) is 3. The zero-order valence-electron chi connectivity index (χ0n) is 14.8. The van der Waals surface area contributed by atoms with Gasteiger partial charge in [-0.05, 0) is 24.6 Å². The Labute approximate surface area is 169 Å². The monoisotopic (exact) mass is 438 g/mol. The van der Waals surface area contributed by atoms with E-state index in [1.165, 1.54) is 11.3 Å². The van der Waals surface area contributed by atoms with Gasteiger partial charge in [-0.15, -0.1) is 21.5 Å². The van der Waals surface area contributed by atoms with Crippen LogP contribution >= 0.6 is 22.7 Å². The van der Waals surface area contributed by atoms with E-state index < -0.39 is 17.6 Å². The van der Waals surface area contributed by atoms with Gasteiger partial charge in [0.05, 0.1) is 22.6 Å². The van der Waals surface area contributed by atoms with Crippen molar-refractivity contribution in [3.8, 4) is 11.4 Å². The molecule has 0 fully saturated rings. The lowest BCUT2D eigenvalue weighted by Gasteiger charge is -2.10. The second-order valence-electron chi connectivity index (χ2n) is 5.97. The average molecular weight is 438 g/mol. The van der Waals surface area contributed by atoms with Crippen LogP contribution in [-0.2, 0) is 12.6 Å². The van der Waals surface area contributed by atoms with Gasteiger partial charge in [0.1, 0.15) is 14.7 Å². The first-order valence-electron chi connectivity index (χ1n) is 8.35. The Hall–Kier alpha value is -2.99. The predicted molar refractivity (Wildman–Crippen MR) is 106 cm³/mol. The number of halogens is 3. The SMILES string of the molecule is CCc1nnc(NC(=O)c2sc3nc(-c4ccc[nH]4)cc(C(F)(F)F)c3c2N)s1. The number of nitrogens with one attached hydrogen (secondary N) is 2. The van der Waals surface area contributed by atoms with E-state index >= 15 is 0 Å². The summed E-state index contributed by atoms with van der Waals surface area (Å²) in [5.74, 6) is -0.654. The number of nitrogen functional groups attached to an aromatic ring is 1. The van der Waals surface area contributed by atoms with Gasteiger partial charge >= 0.3 is 6.18 Å². The van der Waals surface area contributed by atoms with Crippen LogP contribution in [0.2, 0.25) is 0 Å². The summed E-state index contributed by atoms with van der Waals surface area (Å²) in [6.45, 7) is 1.89. The minimum absolute atomic E-state index is 0.0265. The molecule has 0 bridgehead atoms. The number of fused-ring (bicyclic) bond motifs is 1. The molecule has 4 aromatic heterocycles. The molecule has 0 aliphatic rings. The van der Waals surface area contributed by atoms with Gasteiger partial charge in [0, 0.05) is 11.6 Å². The Bertz CT molecular complexity index is 1200. The number of aromatic nitrogens is 4. The topological polar surface area (TPSA) is 110 Å². The van der Waals surface area contributed by atoms with Crippen molar-refractivity contribution < 1.29 is 18.0 Å². The van der Waals surface area contributed by atoms with Crippen molar-refractivity contribution in [1.29, 1.82) is 0 Å². The molecule has 4 aromatic rings. The van der Waals surface area contributed by atoms with Crippen molar-refractivity contribution in [2.45, 2.75) is 19.5 Å². The van der Waals surface area contributed by atoms with Crippen molar-refractivity contribution >= 4 is 49.6 Å². The number of nitrogens with two attached hydrogens (primary N) is 1. The molecule has 0 saturated heterocycles. The molecule has 4 heterocycles. The normalized spacial score (nSPS) is 11.9. The van der Waals surface area contributed by atoms with Gasteiger partial charge in [0.2, 0.25) is 5.13 Å². The first-order valence-corrected chi connectivity index (χ1v) is 9.99. The Morgan fingerprint density at radius 1 is 1.31 bits per heavy atom. The number of alkyl halides is 3. The summed E-state index contributed by atoms with van der Waals surface area (Å²) in [6, 6.07) is 4.19. The number of hydrogen-bond acceptors (Lipinski definition) is 7. The molecular formula is C17H13F3N6OS2. The molecule has 7 nitrogen and oxygen atoms in total. The van der Waals surface area contributed by atoms with Crippen molar-refractivity contribution in [2.24, 2.45) is 0 Å². The van der Waals surface area contributed by atoms with E-state index in [0.717, 1.165) is 22.4 Å². The Balaban J connectivity index is 1.82. The van der Waals surface area contributed by atoms with Crippen LogP contribution in [-0.4, -0.2) is 26.1 Å². The molecule has 0 atom stereocenters. The molecule has 4 N–H and O–H groups in total. The number of aryl methyl sites for hydroxylation is 1. The summed E-state index contributed by atoms with van der Waals surface area (Å²) in [5, 5.41) is 11.0. The van der Waals surface area contributed by atoms with E-state index in [4.69, 9.17) is 5.73 Å². The largest absolute Gasteiger partial charge is 0.417 e. The summed E-state index contributed by atoms with van der Waals surface area (Å²) < 4.78 is 41.1. The second kappa shape index (κ2) is 7.12. The fourth-order valence-corrected chi connectivity index (χ4v) is 4.43. The number of H-pyrrole nitrogens is 1. The van der Waals surface area contributed by atoms with Gasteiger partial charge < -0.3 is 10.7 Å². The minimum Gasteiger partial charge on any atom is -0.397 e. The van der Waals surface area contributed by atoms with Crippen LogP contribution < -0.4 is 11.1 Å². The number of carbonyl (C=O) groups excluding carboxylic acids is 1. The zero-order chi connectivity index (χ0) is 20.8. The molecular weight excluding hydrogens is 425 g/mol. The van der Waals surface area contributed by atoms with Crippen LogP contribution in [0.3, 0.4) is 0 Å². The highest BCUT2D eigenvalue weighted by atomic mass is 32.1. The molecule has 0 saturated carbocycles. The lowest BCUT2D eigenvalue weighted by Crippen LogP contribution is -2.12. The average Bonchev–Trinajstić information content (AvgIpc) is 3.40.